The fourth-order valence-electron chi connectivity index (χ4n) is 4.25. The van der Waals surface area contributed by atoms with Gasteiger partial charge in [0.05, 0.1) is 5.75 Å². The average molecular weight is 470 g/mol. The molecule has 1 amide bonds. The summed E-state index contributed by atoms with van der Waals surface area (Å²) in [6, 6.07) is 15.0. The number of rotatable bonds is 6. The van der Waals surface area contributed by atoms with Gasteiger partial charge in [-0.3, -0.25) is 9.59 Å². The summed E-state index contributed by atoms with van der Waals surface area (Å²) in [6.07, 6.45) is 2.66. The van der Waals surface area contributed by atoms with Gasteiger partial charge in [0.1, 0.15) is 5.54 Å². The summed E-state index contributed by atoms with van der Waals surface area (Å²) >= 11 is 7.64. The van der Waals surface area contributed by atoms with Crippen LogP contribution in [0.15, 0.2) is 58.2 Å². The molecule has 0 saturated heterocycles. The van der Waals surface area contributed by atoms with Crippen LogP contribution in [0.1, 0.15) is 36.8 Å². The van der Waals surface area contributed by atoms with Gasteiger partial charge in [-0.1, -0.05) is 59.8 Å². The lowest BCUT2D eigenvalue weighted by atomic mass is 9.74. The Morgan fingerprint density at radius 2 is 1.91 bits per heavy atom. The molecule has 1 saturated carbocycles. The maximum absolute atomic E-state index is 13.2. The number of thioether (sulfide) groups is 1. The number of Topliss-reactive ketones (excluding diaryl/α,β-unsaturated/α-hetero) is 1. The smallest absolute Gasteiger partial charge is 0.277 e. The van der Waals surface area contributed by atoms with E-state index in [1.54, 1.807) is 18.0 Å². The third kappa shape index (κ3) is 4.19. The van der Waals surface area contributed by atoms with Gasteiger partial charge in [-0.25, -0.2) is 0 Å². The summed E-state index contributed by atoms with van der Waals surface area (Å²) in [5.74, 6) is 0.324. The van der Waals surface area contributed by atoms with E-state index in [0.29, 0.717) is 34.5 Å². The lowest BCUT2D eigenvalue weighted by Gasteiger charge is -2.44. The fraction of sp³-hybridized carbons (Fsp3) is 0.333. The highest BCUT2D eigenvalue weighted by atomic mass is 35.5. The van der Waals surface area contributed by atoms with E-state index in [2.05, 4.69) is 10.2 Å². The summed E-state index contributed by atoms with van der Waals surface area (Å²) in [6.45, 7) is 1.97. The molecule has 1 aromatic heterocycles. The zero-order chi connectivity index (χ0) is 22.7. The van der Waals surface area contributed by atoms with Crippen LogP contribution >= 0.6 is 23.4 Å². The second-order valence-electron chi connectivity index (χ2n) is 7.90. The van der Waals surface area contributed by atoms with Gasteiger partial charge in [-0.15, -0.1) is 10.2 Å². The Morgan fingerprint density at radius 3 is 2.66 bits per heavy atom. The topological polar surface area (TPSA) is 76.3 Å². The molecular weight excluding hydrogens is 446 g/mol. The third-order valence-electron chi connectivity index (χ3n) is 6.02. The van der Waals surface area contributed by atoms with Crippen LogP contribution < -0.4 is 0 Å². The molecule has 1 fully saturated rings. The van der Waals surface area contributed by atoms with Gasteiger partial charge < -0.3 is 9.32 Å². The van der Waals surface area contributed by atoms with E-state index in [1.165, 1.54) is 11.8 Å². The van der Waals surface area contributed by atoms with Crippen LogP contribution in [0.3, 0.4) is 0 Å². The zero-order valence-electron chi connectivity index (χ0n) is 18.0. The Hall–Kier alpha value is -2.64. The van der Waals surface area contributed by atoms with Crippen molar-refractivity contribution in [1.82, 2.24) is 15.1 Å². The van der Waals surface area contributed by atoms with Crippen LogP contribution in [0, 0.1) is 6.92 Å². The summed E-state index contributed by atoms with van der Waals surface area (Å²) in [5.41, 5.74) is 1.53. The van der Waals surface area contributed by atoms with Gasteiger partial charge >= 0.3 is 0 Å². The molecule has 4 rings (SSSR count). The number of hydrogen-bond donors (Lipinski definition) is 0. The van der Waals surface area contributed by atoms with Crippen molar-refractivity contribution in [3.05, 3.63) is 64.7 Å². The molecule has 8 heteroatoms. The number of amides is 1. The van der Waals surface area contributed by atoms with E-state index in [9.17, 15) is 9.59 Å². The van der Waals surface area contributed by atoms with Crippen LogP contribution in [0.5, 0.6) is 0 Å². The molecule has 0 aliphatic heterocycles. The van der Waals surface area contributed by atoms with Gasteiger partial charge in [0.15, 0.2) is 5.78 Å². The molecule has 1 aliphatic rings. The predicted octanol–water partition coefficient (Wildman–Crippen LogP) is 5.29. The van der Waals surface area contributed by atoms with Crippen LogP contribution in [0.25, 0.3) is 11.5 Å². The molecule has 0 bridgehead atoms. The zero-order valence-corrected chi connectivity index (χ0v) is 19.6. The number of benzene rings is 2. The number of aryl methyl sites for hydroxylation is 1. The third-order valence-corrected chi connectivity index (χ3v) is 7.15. The summed E-state index contributed by atoms with van der Waals surface area (Å²) in [5, 5.41) is 8.99. The average Bonchev–Trinajstić information content (AvgIpc) is 3.27. The maximum atomic E-state index is 13.2. The molecule has 3 aromatic rings. The van der Waals surface area contributed by atoms with E-state index in [-0.39, 0.29) is 17.4 Å². The Labute approximate surface area is 196 Å². The second kappa shape index (κ2) is 9.46. The molecule has 166 valence electrons. The SMILES string of the molecule is Cc1ccccc1-c1nnc(SCC(=O)N(C)C2(c3ccccc3Cl)CCCCC2=O)o1. The molecule has 6 nitrogen and oxygen atoms in total. The standard InChI is InChI=1S/C24H24ClN3O3S/c1-16-9-3-4-10-17(16)22-26-27-23(31-22)32-15-21(30)28(2)24(14-8-7-13-20(24)29)18-11-5-6-12-19(18)25/h3-6,9-12H,7-8,13-15H2,1-2H3. The minimum absolute atomic E-state index is 0.0253. The first-order valence-electron chi connectivity index (χ1n) is 10.5. The van der Waals surface area contributed by atoms with Crippen LogP contribution in [0.2, 0.25) is 5.02 Å². The molecule has 32 heavy (non-hydrogen) atoms. The van der Waals surface area contributed by atoms with Crippen molar-refractivity contribution in [1.29, 1.82) is 0 Å². The highest BCUT2D eigenvalue weighted by Gasteiger charge is 2.47. The van der Waals surface area contributed by atoms with Gasteiger partial charge in [-0.05, 0) is 43.9 Å². The van der Waals surface area contributed by atoms with Crippen molar-refractivity contribution in [3.63, 3.8) is 0 Å². The first kappa shape index (κ1) is 22.6. The van der Waals surface area contributed by atoms with Gasteiger partial charge in [0.2, 0.25) is 11.8 Å². The molecule has 2 aromatic carbocycles. The van der Waals surface area contributed by atoms with Crippen molar-refractivity contribution in [2.45, 2.75) is 43.4 Å². The van der Waals surface area contributed by atoms with E-state index < -0.39 is 5.54 Å². The molecular formula is C24H24ClN3O3S. The highest BCUT2D eigenvalue weighted by Crippen LogP contribution is 2.42. The first-order valence-corrected chi connectivity index (χ1v) is 11.9. The maximum Gasteiger partial charge on any atom is 0.277 e. The molecule has 1 heterocycles. The monoisotopic (exact) mass is 469 g/mol. The summed E-state index contributed by atoms with van der Waals surface area (Å²) < 4.78 is 5.76. The van der Waals surface area contributed by atoms with E-state index >= 15 is 0 Å². The number of ketones is 1. The van der Waals surface area contributed by atoms with Gasteiger partial charge in [-0.2, -0.15) is 0 Å². The van der Waals surface area contributed by atoms with Crippen LogP contribution in [0.4, 0.5) is 0 Å². The molecule has 0 spiro atoms. The predicted molar refractivity (Wildman–Crippen MR) is 125 cm³/mol. The lowest BCUT2D eigenvalue weighted by Crippen LogP contribution is -2.54. The molecule has 1 unspecified atom stereocenters. The fourth-order valence-corrected chi connectivity index (χ4v) is 5.22. The number of carbonyl (C=O) groups excluding carboxylic acids is 2. The van der Waals surface area contributed by atoms with Gasteiger partial charge in [0.25, 0.3) is 5.22 Å². The number of likely N-dealkylation sites (N-methyl/N-ethyl adjacent to an activating group) is 1. The molecule has 1 atom stereocenters. The molecule has 1 aliphatic carbocycles. The summed E-state index contributed by atoms with van der Waals surface area (Å²) in [7, 11) is 1.68. The van der Waals surface area contributed by atoms with Crippen molar-refractivity contribution in [2.24, 2.45) is 0 Å². The van der Waals surface area contributed by atoms with E-state index in [4.69, 9.17) is 16.0 Å². The molecule has 0 N–H and O–H groups in total. The quantitative estimate of drug-likeness (QED) is 0.456. The Morgan fingerprint density at radius 1 is 1.16 bits per heavy atom. The highest BCUT2D eigenvalue weighted by molar-refractivity contribution is 7.99. The number of carbonyl (C=O) groups is 2. The first-order chi connectivity index (χ1) is 15.4. The Bertz CT molecular complexity index is 1150. The van der Waals surface area contributed by atoms with Crippen molar-refractivity contribution >= 4 is 35.1 Å². The molecule has 0 radical (unpaired) electrons. The Balaban J connectivity index is 1.53. The van der Waals surface area contributed by atoms with Crippen molar-refractivity contribution in [3.8, 4) is 11.5 Å². The minimum atomic E-state index is -1.05. The lowest BCUT2D eigenvalue weighted by molar-refractivity contribution is -0.146. The van der Waals surface area contributed by atoms with Gasteiger partial charge in [0, 0.05) is 29.6 Å². The van der Waals surface area contributed by atoms with Crippen LogP contribution in [-0.4, -0.2) is 39.6 Å². The van der Waals surface area contributed by atoms with Crippen molar-refractivity contribution in [2.75, 3.05) is 12.8 Å². The van der Waals surface area contributed by atoms with Crippen LogP contribution in [-0.2, 0) is 15.1 Å². The normalized spacial score (nSPS) is 18.5. The van der Waals surface area contributed by atoms with E-state index in [1.807, 2.05) is 49.4 Å². The summed E-state index contributed by atoms with van der Waals surface area (Å²) in [4.78, 5) is 27.9. The second-order valence-corrected chi connectivity index (χ2v) is 9.23. The van der Waals surface area contributed by atoms with Crippen molar-refractivity contribution < 1.29 is 14.0 Å². The van der Waals surface area contributed by atoms with E-state index in [0.717, 1.165) is 24.0 Å². The number of hydrogen-bond acceptors (Lipinski definition) is 6. The largest absolute Gasteiger partial charge is 0.411 e. The number of halogens is 1. The Kier molecular flexibility index (Phi) is 6.67. The number of aromatic nitrogens is 2. The minimum Gasteiger partial charge on any atom is -0.411 e. The number of nitrogens with zero attached hydrogens (tertiary/aromatic N) is 3.